The lowest BCUT2D eigenvalue weighted by molar-refractivity contribution is 0.364. The van der Waals surface area contributed by atoms with E-state index in [0.717, 1.165) is 16.7 Å². The Morgan fingerprint density at radius 2 is 1.71 bits per heavy atom. The third-order valence-corrected chi connectivity index (χ3v) is 6.62. The summed E-state index contributed by atoms with van der Waals surface area (Å²) in [5.74, 6) is -0.00348. The van der Waals surface area contributed by atoms with Gasteiger partial charge in [-0.05, 0) is 43.2 Å². The van der Waals surface area contributed by atoms with Crippen LogP contribution in [0.2, 0.25) is 5.02 Å². The number of hydrogen-bond donors (Lipinski definition) is 0. The molecule has 1 aliphatic rings. The first kappa shape index (κ1) is 17.2. The second kappa shape index (κ2) is 6.71. The van der Waals surface area contributed by atoms with E-state index in [1.165, 1.54) is 0 Å². The topological polar surface area (TPSA) is 37.4 Å². The predicted molar refractivity (Wildman–Crippen MR) is 97.9 cm³/mol. The fraction of sp³-hybridized carbons (Fsp3) is 0.263. The van der Waals surface area contributed by atoms with Crippen molar-refractivity contribution in [2.45, 2.75) is 24.2 Å². The predicted octanol–water partition coefficient (Wildman–Crippen LogP) is 4.38. The van der Waals surface area contributed by atoms with Crippen LogP contribution < -0.4 is 0 Å². The van der Waals surface area contributed by atoms with E-state index in [0.29, 0.717) is 29.4 Å². The Morgan fingerprint density at radius 1 is 1.08 bits per heavy atom. The molecule has 0 aromatic heterocycles. The van der Waals surface area contributed by atoms with Crippen molar-refractivity contribution in [1.82, 2.24) is 4.31 Å². The zero-order valence-corrected chi connectivity index (χ0v) is 15.1. The van der Waals surface area contributed by atoms with Gasteiger partial charge in [-0.1, -0.05) is 53.6 Å². The molecule has 24 heavy (non-hydrogen) atoms. The molecular formula is C19H20ClNO2S. The Morgan fingerprint density at radius 3 is 2.33 bits per heavy atom. The van der Waals surface area contributed by atoms with E-state index in [1.807, 2.05) is 43.3 Å². The summed E-state index contributed by atoms with van der Waals surface area (Å²) in [5, 5.41) is 0.671. The minimum Gasteiger partial charge on any atom is -0.207 e. The highest BCUT2D eigenvalue weighted by Gasteiger charge is 2.32. The van der Waals surface area contributed by atoms with Gasteiger partial charge in [0.1, 0.15) is 0 Å². The van der Waals surface area contributed by atoms with Crippen LogP contribution in [0.4, 0.5) is 0 Å². The average Bonchev–Trinajstić information content (AvgIpc) is 2.56. The molecule has 1 heterocycles. The average molecular weight is 362 g/mol. The van der Waals surface area contributed by atoms with E-state index in [-0.39, 0.29) is 5.92 Å². The van der Waals surface area contributed by atoms with E-state index < -0.39 is 10.0 Å². The minimum atomic E-state index is -3.49. The molecule has 1 fully saturated rings. The second-order valence-corrected chi connectivity index (χ2v) is 8.56. The van der Waals surface area contributed by atoms with Crippen LogP contribution in [0.1, 0.15) is 23.5 Å². The number of benzene rings is 2. The molecule has 0 radical (unpaired) electrons. The quantitative estimate of drug-likeness (QED) is 0.760. The van der Waals surface area contributed by atoms with Gasteiger partial charge in [-0.2, -0.15) is 4.31 Å². The first-order chi connectivity index (χ1) is 11.4. The first-order valence-electron chi connectivity index (χ1n) is 7.88. The maximum Gasteiger partial charge on any atom is 0.243 e. The SMILES string of the molecule is C=C1CCN(S(=O)(=O)c2ccc(C)cc2)CC1c1ccc(Cl)cc1. The molecule has 1 aliphatic heterocycles. The number of nitrogens with zero attached hydrogens (tertiary/aromatic N) is 1. The molecule has 1 atom stereocenters. The van der Waals surface area contributed by atoms with Crippen LogP contribution in [0.5, 0.6) is 0 Å². The summed E-state index contributed by atoms with van der Waals surface area (Å²) >= 11 is 5.95. The van der Waals surface area contributed by atoms with E-state index in [4.69, 9.17) is 11.6 Å². The number of piperidine rings is 1. The Balaban J connectivity index is 1.88. The third kappa shape index (κ3) is 3.41. The molecule has 2 aromatic rings. The molecule has 0 spiro atoms. The third-order valence-electron chi connectivity index (χ3n) is 4.49. The van der Waals surface area contributed by atoms with Crippen molar-refractivity contribution in [3.8, 4) is 0 Å². The number of halogens is 1. The second-order valence-electron chi connectivity index (χ2n) is 6.19. The zero-order chi connectivity index (χ0) is 17.3. The lowest BCUT2D eigenvalue weighted by atomic mass is 9.88. The highest BCUT2D eigenvalue weighted by molar-refractivity contribution is 7.89. The van der Waals surface area contributed by atoms with Gasteiger partial charge in [0, 0.05) is 24.0 Å². The highest BCUT2D eigenvalue weighted by atomic mass is 35.5. The molecule has 2 aromatic carbocycles. The molecule has 3 nitrogen and oxygen atoms in total. The van der Waals surface area contributed by atoms with E-state index in [2.05, 4.69) is 6.58 Å². The van der Waals surface area contributed by atoms with Crippen LogP contribution in [0, 0.1) is 6.92 Å². The van der Waals surface area contributed by atoms with Gasteiger partial charge in [-0.15, -0.1) is 0 Å². The highest BCUT2D eigenvalue weighted by Crippen LogP contribution is 2.33. The van der Waals surface area contributed by atoms with Gasteiger partial charge in [0.15, 0.2) is 0 Å². The summed E-state index contributed by atoms with van der Waals surface area (Å²) in [5.41, 5.74) is 3.15. The largest absolute Gasteiger partial charge is 0.243 e. The van der Waals surface area contributed by atoms with Crippen molar-refractivity contribution in [2.75, 3.05) is 13.1 Å². The van der Waals surface area contributed by atoms with Crippen LogP contribution in [-0.2, 0) is 10.0 Å². The molecule has 0 N–H and O–H groups in total. The van der Waals surface area contributed by atoms with Crippen molar-refractivity contribution in [1.29, 1.82) is 0 Å². The van der Waals surface area contributed by atoms with Crippen LogP contribution in [0.25, 0.3) is 0 Å². The molecule has 0 amide bonds. The summed E-state index contributed by atoms with van der Waals surface area (Å²) < 4.78 is 27.4. The Kier molecular flexibility index (Phi) is 4.81. The van der Waals surface area contributed by atoms with E-state index >= 15 is 0 Å². The normalized spacial score (nSPS) is 19.4. The summed E-state index contributed by atoms with van der Waals surface area (Å²) in [6.07, 6.45) is 0.665. The molecule has 5 heteroatoms. The molecule has 1 unspecified atom stereocenters. The molecule has 0 saturated carbocycles. The van der Waals surface area contributed by atoms with Crippen LogP contribution in [0.3, 0.4) is 0 Å². The van der Waals surface area contributed by atoms with Crippen molar-refractivity contribution in [2.24, 2.45) is 0 Å². The molecular weight excluding hydrogens is 342 g/mol. The maximum absolute atomic E-state index is 12.9. The first-order valence-corrected chi connectivity index (χ1v) is 9.69. The zero-order valence-electron chi connectivity index (χ0n) is 13.6. The van der Waals surface area contributed by atoms with Crippen LogP contribution in [0.15, 0.2) is 65.6 Å². The lowest BCUT2D eigenvalue weighted by Crippen LogP contribution is -2.39. The summed E-state index contributed by atoms with van der Waals surface area (Å²) in [6.45, 7) is 6.97. The number of rotatable bonds is 3. The van der Waals surface area contributed by atoms with Gasteiger partial charge in [0.2, 0.25) is 10.0 Å². The molecule has 0 aliphatic carbocycles. The fourth-order valence-corrected chi connectivity index (χ4v) is 4.56. The molecule has 1 saturated heterocycles. The molecule has 0 bridgehead atoms. The molecule has 3 rings (SSSR count). The minimum absolute atomic E-state index is 0.00348. The standard InChI is InChI=1S/C19H20ClNO2S/c1-14-3-9-18(10-4-14)24(22,23)21-12-11-15(2)19(13-21)16-5-7-17(20)8-6-16/h3-10,19H,2,11-13H2,1H3. The maximum atomic E-state index is 12.9. The van der Waals surface area contributed by atoms with Gasteiger partial charge in [0.05, 0.1) is 4.90 Å². The van der Waals surface area contributed by atoms with E-state index in [1.54, 1.807) is 16.4 Å². The monoisotopic (exact) mass is 361 g/mol. The number of aryl methyl sites for hydroxylation is 1. The number of hydrogen-bond acceptors (Lipinski definition) is 2. The van der Waals surface area contributed by atoms with Crippen molar-refractivity contribution in [3.05, 3.63) is 76.8 Å². The summed E-state index contributed by atoms with van der Waals surface area (Å²) in [6, 6.07) is 14.5. The van der Waals surface area contributed by atoms with E-state index in [9.17, 15) is 8.42 Å². The van der Waals surface area contributed by atoms with Gasteiger partial charge < -0.3 is 0 Å². The van der Waals surface area contributed by atoms with Crippen molar-refractivity contribution < 1.29 is 8.42 Å². The molecule has 126 valence electrons. The Hall–Kier alpha value is -1.62. The fourth-order valence-electron chi connectivity index (χ4n) is 2.98. The summed E-state index contributed by atoms with van der Waals surface area (Å²) in [7, 11) is -3.49. The lowest BCUT2D eigenvalue weighted by Gasteiger charge is -2.34. The van der Waals surface area contributed by atoms with Gasteiger partial charge in [0.25, 0.3) is 0 Å². The van der Waals surface area contributed by atoms with Gasteiger partial charge in [-0.3, -0.25) is 0 Å². The van der Waals surface area contributed by atoms with Gasteiger partial charge in [-0.25, -0.2) is 8.42 Å². The summed E-state index contributed by atoms with van der Waals surface area (Å²) in [4.78, 5) is 0.343. The van der Waals surface area contributed by atoms with Gasteiger partial charge >= 0.3 is 0 Å². The smallest absolute Gasteiger partial charge is 0.207 e. The van der Waals surface area contributed by atoms with Crippen LogP contribution in [-0.4, -0.2) is 25.8 Å². The number of sulfonamides is 1. The Labute approximate surface area is 148 Å². The van der Waals surface area contributed by atoms with Crippen molar-refractivity contribution in [3.63, 3.8) is 0 Å². The Bertz CT molecular complexity index is 842. The van der Waals surface area contributed by atoms with Crippen molar-refractivity contribution >= 4 is 21.6 Å². The van der Waals surface area contributed by atoms with Crippen LogP contribution >= 0.6 is 11.6 Å².